The van der Waals surface area contributed by atoms with Gasteiger partial charge in [-0.25, -0.2) is 0 Å². The fraction of sp³-hybridized carbons (Fsp3) is 0.750. The summed E-state index contributed by atoms with van der Waals surface area (Å²) < 4.78 is 11.2. The molecule has 4 atom stereocenters. The zero-order valence-corrected chi connectivity index (χ0v) is 13.0. The first-order chi connectivity index (χ1) is 11.1. The highest BCUT2D eigenvalue weighted by Gasteiger charge is 2.66. The van der Waals surface area contributed by atoms with Gasteiger partial charge in [-0.2, -0.15) is 0 Å². The SMILES string of the molecule is O=C(O)[C@@H]1[C@H]2C(=O)N(CCCN3CCOCC3)C[C@@]23C=C[C@H]1O3. The van der Waals surface area contributed by atoms with Crippen molar-refractivity contribution < 1.29 is 24.2 Å². The minimum Gasteiger partial charge on any atom is -0.481 e. The number of likely N-dealkylation sites (tertiary alicyclic amines) is 1. The molecule has 4 rings (SSSR count). The Morgan fingerprint density at radius 1 is 1.35 bits per heavy atom. The summed E-state index contributed by atoms with van der Waals surface area (Å²) in [5, 5.41) is 9.43. The van der Waals surface area contributed by atoms with Gasteiger partial charge in [0.15, 0.2) is 0 Å². The summed E-state index contributed by atoms with van der Waals surface area (Å²) in [7, 11) is 0. The Morgan fingerprint density at radius 3 is 2.87 bits per heavy atom. The van der Waals surface area contributed by atoms with E-state index in [1.807, 2.05) is 6.08 Å². The molecule has 4 aliphatic rings. The largest absolute Gasteiger partial charge is 0.481 e. The van der Waals surface area contributed by atoms with Gasteiger partial charge in [0.1, 0.15) is 11.5 Å². The minimum atomic E-state index is -0.935. The van der Waals surface area contributed by atoms with Crippen LogP contribution < -0.4 is 0 Å². The third kappa shape index (κ3) is 2.38. The van der Waals surface area contributed by atoms with Crippen LogP contribution in [-0.2, 0) is 19.1 Å². The van der Waals surface area contributed by atoms with Gasteiger partial charge in [0.25, 0.3) is 0 Å². The summed E-state index contributed by atoms with van der Waals surface area (Å²) in [6.07, 6.45) is 4.15. The van der Waals surface area contributed by atoms with Gasteiger partial charge in [-0.1, -0.05) is 12.2 Å². The smallest absolute Gasteiger partial charge is 0.310 e. The average Bonchev–Trinajstić information content (AvgIpc) is 3.17. The number of morpholine rings is 1. The molecular weight excluding hydrogens is 300 g/mol. The molecule has 0 aromatic heterocycles. The number of rotatable bonds is 5. The molecular formula is C16H22N2O5. The fourth-order valence-corrected chi connectivity index (χ4v) is 4.36. The molecule has 1 N–H and O–H groups in total. The molecule has 7 heteroatoms. The van der Waals surface area contributed by atoms with Crippen LogP contribution in [0.3, 0.4) is 0 Å². The molecule has 3 fully saturated rings. The Kier molecular flexibility index (Phi) is 3.66. The van der Waals surface area contributed by atoms with Gasteiger partial charge in [-0.3, -0.25) is 14.5 Å². The van der Waals surface area contributed by atoms with Crippen molar-refractivity contribution in [3.63, 3.8) is 0 Å². The highest BCUT2D eigenvalue weighted by atomic mass is 16.5. The third-order valence-electron chi connectivity index (χ3n) is 5.47. The highest BCUT2D eigenvalue weighted by molar-refractivity contribution is 5.90. The van der Waals surface area contributed by atoms with Crippen molar-refractivity contribution >= 4 is 11.9 Å². The second-order valence-corrected chi connectivity index (χ2v) is 6.81. The maximum atomic E-state index is 12.7. The molecule has 4 heterocycles. The minimum absolute atomic E-state index is 0.0637. The Labute approximate surface area is 134 Å². The molecule has 0 unspecified atom stereocenters. The van der Waals surface area contributed by atoms with Crippen LogP contribution >= 0.6 is 0 Å². The quantitative estimate of drug-likeness (QED) is 0.692. The van der Waals surface area contributed by atoms with Crippen LogP contribution in [0.4, 0.5) is 0 Å². The number of amides is 1. The number of hydrogen-bond donors (Lipinski definition) is 1. The zero-order valence-electron chi connectivity index (χ0n) is 13.0. The number of nitrogens with zero attached hydrogens (tertiary/aromatic N) is 2. The predicted molar refractivity (Wildman–Crippen MR) is 79.8 cm³/mol. The second-order valence-electron chi connectivity index (χ2n) is 6.81. The molecule has 1 amide bonds. The van der Waals surface area contributed by atoms with Gasteiger partial charge in [0, 0.05) is 26.2 Å². The monoisotopic (exact) mass is 322 g/mol. The second kappa shape index (κ2) is 5.58. The van der Waals surface area contributed by atoms with E-state index in [0.29, 0.717) is 13.1 Å². The van der Waals surface area contributed by atoms with Crippen molar-refractivity contribution in [2.75, 3.05) is 45.9 Å². The van der Waals surface area contributed by atoms with E-state index in [-0.39, 0.29) is 5.91 Å². The molecule has 7 nitrogen and oxygen atoms in total. The van der Waals surface area contributed by atoms with Crippen LogP contribution in [0.25, 0.3) is 0 Å². The number of hydrogen-bond acceptors (Lipinski definition) is 5. The molecule has 1 spiro atoms. The summed E-state index contributed by atoms with van der Waals surface area (Å²) >= 11 is 0. The molecule has 0 radical (unpaired) electrons. The summed E-state index contributed by atoms with van der Waals surface area (Å²) in [5.41, 5.74) is -0.705. The van der Waals surface area contributed by atoms with Crippen LogP contribution in [0.5, 0.6) is 0 Å². The van der Waals surface area contributed by atoms with Crippen LogP contribution in [0.1, 0.15) is 6.42 Å². The van der Waals surface area contributed by atoms with Gasteiger partial charge in [-0.15, -0.1) is 0 Å². The maximum absolute atomic E-state index is 12.7. The van der Waals surface area contributed by atoms with Crippen molar-refractivity contribution in [2.24, 2.45) is 11.8 Å². The molecule has 126 valence electrons. The van der Waals surface area contributed by atoms with Crippen molar-refractivity contribution in [3.8, 4) is 0 Å². The summed E-state index contributed by atoms with van der Waals surface area (Å²) in [6, 6.07) is 0. The lowest BCUT2D eigenvalue weighted by atomic mass is 9.77. The number of fused-ring (bicyclic) bond motifs is 1. The number of carboxylic acid groups (broad SMARTS) is 1. The Hall–Kier alpha value is -1.44. The van der Waals surface area contributed by atoms with E-state index in [9.17, 15) is 14.7 Å². The van der Waals surface area contributed by atoms with Crippen molar-refractivity contribution in [3.05, 3.63) is 12.2 Å². The number of carbonyl (C=O) groups is 2. The van der Waals surface area contributed by atoms with Gasteiger partial charge in [0.2, 0.25) is 5.91 Å². The van der Waals surface area contributed by atoms with Crippen molar-refractivity contribution in [2.45, 2.75) is 18.1 Å². The number of carbonyl (C=O) groups excluding carboxylic acids is 1. The van der Waals surface area contributed by atoms with Gasteiger partial charge < -0.3 is 19.5 Å². The molecule has 3 saturated heterocycles. The fourth-order valence-electron chi connectivity index (χ4n) is 4.36. The lowest BCUT2D eigenvalue weighted by molar-refractivity contribution is -0.148. The Bertz CT molecular complexity index is 545. The van der Waals surface area contributed by atoms with Crippen LogP contribution in [0.2, 0.25) is 0 Å². The molecule has 2 bridgehead atoms. The molecule has 0 aromatic carbocycles. The van der Waals surface area contributed by atoms with Gasteiger partial charge in [-0.05, 0) is 6.42 Å². The number of ether oxygens (including phenoxy) is 2. The van der Waals surface area contributed by atoms with E-state index < -0.39 is 29.5 Å². The standard InChI is InChI=1S/C16H22N2O5/c19-14-13-12(15(20)21)11-2-3-16(13,23-11)10-18(14)5-1-4-17-6-8-22-9-7-17/h2-3,11-13H,1,4-10H2,(H,20,21)/t11-,12+,13+,16+/m1/s1. The number of carboxylic acids is 1. The highest BCUT2D eigenvalue weighted by Crippen LogP contribution is 2.51. The predicted octanol–water partition coefficient (Wildman–Crippen LogP) is -0.425. The molecule has 0 aromatic rings. The third-order valence-corrected chi connectivity index (χ3v) is 5.47. The molecule has 0 saturated carbocycles. The van der Waals surface area contributed by atoms with E-state index in [2.05, 4.69) is 4.90 Å². The summed E-state index contributed by atoms with van der Waals surface area (Å²) in [4.78, 5) is 28.3. The lowest BCUT2D eigenvalue weighted by Gasteiger charge is -2.27. The van der Waals surface area contributed by atoms with E-state index in [4.69, 9.17) is 9.47 Å². The molecule has 0 aliphatic carbocycles. The van der Waals surface area contributed by atoms with E-state index in [1.165, 1.54) is 0 Å². The summed E-state index contributed by atoms with van der Waals surface area (Å²) in [5.74, 6) is -2.30. The lowest BCUT2D eigenvalue weighted by Crippen LogP contribution is -2.40. The summed E-state index contributed by atoms with van der Waals surface area (Å²) in [6.45, 7) is 5.50. The van der Waals surface area contributed by atoms with Crippen LogP contribution in [0.15, 0.2) is 12.2 Å². The van der Waals surface area contributed by atoms with E-state index in [0.717, 1.165) is 39.3 Å². The normalized spacial score (nSPS) is 39.2. The number of aliphatic carboxylic acids is 1. The average molecular weight is 322 g/mol. The van der Waals surface area contributed by atoms with Crippen LogP contribution in [-0.4, -0.2) is 84.4 Å². The molecule has 4 aliphatic heterocycles. The van der Waals surface area contributed by atoms with Crippen LogP contribution in [0, 0.1) is 11.8 Å². The Balaban J connectivity index is 1.38. The van der Waals surface area contributed by atoms with Crippen molar-refractivity contribution in [1.82, 2.24) is 9.80 Å². The van der Waals surface area contributed by atoms with Crippen molar-refractivity contribution in [1.29, 1.82) is 0 Å². The van der Waals surface area contributed by atoms with E-state index >= 15 is 0 Å². The first-order valence-electron chi connectivity index (χ1n) is 8.30. The zero-order chi connectivity index (χ0) is 16.0. The van der Waals surface area contributed by atoms with E-state index in [1.54, 1.807) is 11.0 Å². The van der Waals surface area contributed by atoms with Gasteiger partial charge >= 0.3 is 5.97 Å². The Morgan fingerprint density at radius 2 is 2.13 bits per heavy atom. The van der Waals surface area contributed by atoms with Gasteiger partial charge in [0.05, 0.1) is 31.8 Å². The maximum Gasteiger partial charge on any atom is 0.310 e. The first kappa shape index (κ1) is 15.1. The molecule has 23 heavy (non-hydrogen) atoms. The topological polar surface area (TPSA) is 79.3 Å². The first-order valence-corrected chi connectivity index (χ1v) is 8.30.